The minimum Gasteiger partial charge on any atom is -0.502 e. The van der Waals surface area contributed by atoms with Crippen LogP contribution in [0.4, 0.5) is 0 Å². The summed E-state index contributed by atoms with van der Waals surface area (Å²) >= 11 is 1.55. The van der Waals surface area contributed by atoms with E-state index in [1.54, 1.807) is 60.3 Å². The van der Waals surface area contributed by atoms with Crippen LogP contribution in [0.15, 0.2) is 93.3 Å². The van der Waals surface area contributed by atoms with Crippen LogP contribution in [0.3, 0.4) is 0 Å². The van der Waals surface area contributed by atoms with Crippen LogP contribution in [0.25, 0.3) is 0 Å². The summed E-state index contributed by atoms with van der Waals surface area (Å²) in [5, 5.41) is 10.9. The van der Waals surface area contributed by atoms with E-state index in [9.17, 15) is 18.3 Å². The Morgan fingerprint density at radius 2 is 1.71 bits per heavy atom. The zero-order chi connectivity index (χ0) is 23.9. The van der Waals surface area contributed by atoms with Gasteiger partial charge in [-0.3, -0.25) is 4.79 Å². The molecule has 0 aliphatic carbocycles. The number of nitrogens with zero attached hydrogens (tertiary/aromatic N) is 1. The number of thioether (sulfide) groups is 1. The number of carbonyl (C=O) groups excluding carboxylic acids is 1. The number of amides is 1. The highest BCUT2D eigenvalue weighted by molar-refractivity contribution is 7.98. The third kappa shape index (κ3) is 3.80. The number of fused-ring (bicyclic) bond motifs is 1. The molecule has 0 spiro atoms. The summed E-state index contributed by atoms with van der Waals surface area (Å²) in [6.45, 7) is 0.190. The average molecular weight is 496 g/mol. The van der Waals surface area contributed by atoms with Crippen molar-refractivity contribution in [2.45, 2.75) is 22.4 Å². The molecular weight excluding hydrogens is 474 g/mol. The van der Waals surface area contributed by atoms with Crippen LogP contribution in [0.5, 0.6) is 11.5 Å². The van der Waals surface area contributed by atoms with E-state index in [1.165, 1.54) is 17.0 Å². The summed E-state index contributed by atoms with van der Waals surface area (Å²) in [7, 11) is -4.15. The van der Waals surface area contributed by atoms with Crippen LogP contribution in [-0.2, 0) is 21.2 Å². The molecule has 7 nitrogen and oxygen atoms in total. The van der Waals surface area contributed by atoms with Gasteiger partial charge in [0, 0.05) is 11.4 Å². The molecule has 34 heavy (non-hydrogen) atoms. The summed E-state index contributed by atoms with van der Waals surface area (Å²) in [5.41, 5.74) is 1.31. The zero-order valence-electron chi connectivity index (χ0n) is 18.2. The van der Waals surface area contributed by atoms with Crippen LogP contribution in [-0.4, -0.2) is 37.4 Å². The lowest BCUT2D eigenvalue weighted by atomic mass is 10.1. The normalized spacial score (nSPS) is 17.5. The fourth-order valence-corrected chi connectivity index (χ4v) is 6.22. The van der Waals surface area contributed by atoms with Crippen molar-refractivity contribution in [1.29, 1.82) is 0 Å². The number of ether oxygens (including phenoxy) is 2. The highest BCUT2D eigenvalue weighted by Gasteiger charge is 2.46. The van der Waals surface area contributed by atoms with Crippen LogP contribution >= 0.6 is 11.8 Å². The van der Waals surface area contributed by atoms with Crippen LogP contribution in [0.2, 0.25) is 0 Å². The lowest BCUT2D eigenvalue weighted by Gasteiger charge is -2.27. The summed E-state index contributed by atoms with van der Waals surface area (Å²) < 4.78 is 38.0. The molecule has 2 aliphatic heterocycles. The number of benzene rings is 3. The first kappa shape index (κ1) is 22.4. The molecule has 1 N–H and O–H groups in total. The molecule has 5 rings (SSSR count). The number of aliphatic hydroxyl groups excluding tert-OH is 1. The monoisotopic (exact) mass is 495 g/mol. The van der Waals surface area contributed by atoms with Crippen molar-refractivity contribution >= 4 is 27.5 Å². The molecule has 0 saturated carbocycles. The molecule has 0 radical (unpaired) electrons. The van der Waals surface area contributed by atoms with Crippen molar-refractivity contribution in [2.75, 3.05) is 13.0 Å². The fourth-order valence-electron chi connectivity index (χ4n) is 4.15. The molecule has 9 heteroatoms. The van der Waals surface area contributed by atoms with E-state index in [4.69, 9.17) is 9.47 Å². The molecule has 0 unspecified atom stereocenters. The van der Waals surface area contributed by atoms with Gasteiger partial charge < -0.3 is 19.5 Å². The minimum atomic E-state index is -4.15. The SMILES string of the molecule is CSc1ccc([C@H]2C(S(=O)(=O)c3ccccc3)=C(O)C(=O)N2Cc2ccc3c(c2)OCO3)cc1. The molecule has 3 aromatic rings. The van der Waals surface area contributed by atoms with Crippen LogP contribution in [0, 0.1) is 0 Å². The van der Waals surface area contributed by atoms with Gasteiger partial charge in [0.2, 0.25) is 16.6 Å². The Bertz CT molecular complexity index is 1380. The minimum absolute atomic E-state index is 0.0139. The molecular formula is C25H21NO6S2. The van der Waals surface area contributed by atoms with Gasteiger partial charge in [-0.25, -0.2) is 8.42 Å². The molecule has 3 aromatic carbocycles. The number of carbonyl (C=O) groups is 1. The molecule has 2 heterocycles. The molecule has 2 aliphatic rings. The molecule has 0 saturated heterocycles. The van der Waals surface area contributed by atoms with Crippen molar-refractivity contribution in [2.24, 2.45) is 0 Å². The van der Waals surface area contributed by atoms with E-state index in [2.05, 4.69) is 0 Å². The second kappa shape index (κ2) is 8.73. The molecule has 174 valence electrons. The quantitative estimate of drug-likeness (QED) is 0.505. The third-order valence-corrected chi connectivity index (χ3v) is 8.45. The number of aliphatic hydroxyl groups is 1. The van der Waals surface area contributed by atoms with Crippen molar-refractivity contribution in [3.05, 3.63) is 94.6 Å². The molecule has 0 bridgehead atoms. The Labute approximate surface area is 201 Å². The predicted molar refractivity (Wildman–Crippen MR) is 127 cm³/mol. The van der Waals surface area contributed by atoms with Gasteiger partial charge in [-0.05, 0) is 53.8 Å². The summed E-state index contributed by atoms with van der Waals surface area (Å²) in [6, 6.07) is 19.4. The van der Waals surface area contributed by atoms with Gasteiger partial charge in [-0.15, -0.1) is 11.8 Å². The highest BCUT2D eigenvalue weighted by atomic mass is 32.2. The molecule has 0 fully saturated rings. The lowest BCUT2D eigenvalue weighted by Crippen LogP contribution is -2.30. The summed E-state index contributed by atoms with van der Waals surface area (Å²) in [6.07, 6.45) is 1.94. The molecule has 1 amide bonds. The maximum absolute atomic E-state index is 13.6. The van der Waals surface area contributed by atoms with E-state index in [1.807, 2.05) is 18.4 Å². The van der Waals surface area contributed by atoms with Crippen LogP contribution < -0.4 is 9.47 Å². The Morgan fingerprint density at radius 3 is 2.41 bits per heavy atom. The Morgan fingerprint density at radius 1 is 1.00 bits per heavy atom. The van der Waals surface area contributed by atoms with E-state index in [-0.39, 0.29) is 23.1 Å². The molecule has 0 aromatic heterocycles. The number of hydrogen-bond donors (Lipinski definition) is 1. The van der Waals surface area contributed by atoms with Gasteiger partial charge >= 0.3 is 0 Å². The van der Waals surface area contributed by atoms with Crippen molar-refractivity contribution in [3.63, 3.8) is 0 Å². The first-order valence-corrected chi connectivity index (χ1v) is 13.2. The standard InChI is InChI=1S/C25H21NO6S2/c1-33-18-10-8-17(9-11-18)22-24(34(29,30)19-5-3-2-4-6-19)23(27)25(28)26(22)14-16-7-12-20-21(13-16)32-15-31-20/h2-13,22,27H,14-15H2,1H3/t22-/m0/s1. The Hall–Kier alpha value is -3.43. The first-order valence-electron chi connectivity index (χ1n) is 10.5. The van der Waals surface area contributed by atoms with E-state index < -0.39 is 27.5 Å². The summed E-state index contributed by atoms with van der Waals surface area (Å²) in [4.78, 5) is 15.3. The maximum Gasteiger partial charge on any atom is 0.290 e. The van der Waals surface area contributed by atoms with Gasteiger partial charge in [0.05, 0.1) is 10.9 Å². The van der Waals surface area contributed by atoms with Crippen molar-refractivity contribution < 1.29 is 27.8 Å². The third-order valence-electron chi connectivity index (χ3n) is 5.82. The zero-order valence-corrected chi connectivity index (χ0v) is 19.8. The Balaban J connectivity index is 1.60. The maximum atomic E-state index is 13.6. The Kier molecular flexibility index (Phi) is 5.75. The van der Waals surface area contributed by atoms with Gasteiger partial charge in [0.1, 0.15) is 4.91 Å². The topological polar surface area (TPSA) is 93.1 Å². The van der Waals surface area contributed by atoms with E-state index >= 15 is 0 Å². The van der Waals surface area contributed by atoms with Gasteiger partial charge in [0.15, 0.2) is 17.3 Å². The number of hydrogen-bond acceptors (Lipinski definition) is 7. The smallest absolute Gasteiger partial charge is 0.290 e. The molecule has 1 atom stereocenters. The van der Waals surface area contributed by atoms with Gasteiger partial charge in [-0.1, -0.05) is 36.4 Å². The van der Waals surface area contributed by atoms with Gasteiger partial charge in [-0.2, -0.15) is 0 Å². The second-order valence-electron chi connectivity index (χ2n) is 7.83. The largest absolute Gasteiger partial charge is 0.502 e. The fraction of sp³-hybridized carbons (Fsp3) is 0.160. The van der Waals surface area contributed by atoms with Crippen LogP contribution in [0.1, 0.15) is 17.2 Å². The van der Waals surface area contributed by atoms with E-state index in [0.29, 0.717) is 17.1 Å². The van der Waals surface area contributed by atoms with Gasteiger partial charge in [0.25, 0.3) is 5.91 Å². The highest BCUT2D eigenvalue weighted by Crippen LogP contribution is 2.44. The predicted octanol–water partition coefficient (Wildman–Crippen LogP) is 4.46. The van der Waals surface area contributed by atoms with Crippen molar-refractivity contribution in [3.8, 4) is 11.5 Å². The van der Waals surface area contributed by atoms with Crippen molar-refractivity contribution in [1.82, 2.24) is 4.90 Å². The lowest BCUT2D eigenvalue weighted by molar-refractivity contribution is -0.130. The summed E-state index contributed by atoms with van der Waals surface area (Å²) in [5.74, 6) is -0.344. The number of sulfone groups is 1. The first-order chi connectivity index (χ1) is 16.4. The van der Waals surface area contributed by atoms with E-state index in [0.717, 1.165) is 10.5 Å². The number of rotatable bonds is 6. The second-order valence-corrected chi connectivity index (χ2v) is 10.6. The average Bonchev–Trinajstić information content (AvgIpc) is 3.43.